The molecule has 0 fully saturated rings. The van der Waals surface area contributed by atoms with Gasteiger partial charge < -0.3 is 9.84 Å². The molecule has 0 atom stereocenters. The molecule has 0 saturated carbocycles. The number of hydrogen-bond acceptors (Lipinski definition) is 4. The van der Waals surface area contributed by atoms with Gasteiger partial charge in [-0.3, -0.25) is 4.79 Å². The van der Waals surface area contributed by atoms with E-state index in [4.69, 9.17) is 4.74 Å². The molecule has 0 bridgehead atoms. The van der Waals surface area contributed by atoms with E-state index in [0.29, 0.717) is 11.3 Å². The molecule has 0 radical (unpaired) electrons. The molecule has 0 aliphatic carbocycles. The van der Waals surface area contributed by atoms with Gasteiger partial charge in [0.05, 0.1) is 22.9 Å². The lowest BCUT2D eigenvalue weighted by Crippen LogP contribution is -2.27. The molecular weight excluding hydrogens is 256 g/mol. The van der Waals surface area contributed by atoms with Crippen molar-refractivity contribution in [1.82, 2.24) is 9.61 Å². The van der Waals surface area contributed by atoms with E-state index in [0.717, 1.165) is 5.52 Å². The summed E-state index contributed by atoms with van der Waals surface area (Å²) in [7, 11) is 0. The third-order valence-electron chi connectivity index (χ3n) is 2.87. The second-order valence-corrected chi connectivity index (χ2v) is 5.87. The van der Waals surface area contributed by atoms with Crippen LogP contribution >= 0.6 is 0 Å². The molecule has 0 aliphatic rings. The number of Topliss-reactive ketones (excluding diaryl/α,β-unsaturated/α-hetero) is 1. The van der Waals surface area contributed by atoms with E-state index >= 15 is 0 Å². The number of carbonyl (C=O) groups is 1. The van der Waals surface area contributed by atoms with Crippen LogP contribution in [0.4, 0.5) is 0 Å². The third kappa shape index (κ3) is 3.17. The fourth-order valence-corrected chi connectivity index (χ4v) is 1.81. The average molecular weight is 276 g/mol. The van der Waals surface area contributed by atoms with Crippen molar-refractivity contribution in [2.45, 2.75) is 33.3 Å². The summed E-state index contributed by atoms with van der Waals surface area (Å²) in [6.45, 7) is 7.27. The minimum atomic E-state index is -0.900. The molecule has 0 unspecified atom stereocenters. The Balaban J connectivity index is 2.32. The highest BCUT2D eigenvalue weighted by Crippen LogP contribution is 2.21. The fraction of sp³-hybridized carbons (Fsp3) is 0.467. The van der Waals surface area contributed by atoms with Crippen molar-refractivity contribution in [2.24, 2.45) is 5.92 Å². The number of carbonyl (C=O) groups excluding carboxylic acids is 1. The van der Waals surface area contributed by atoms with Crippen LogP contribution in [0.25, 0.3) is 5.52 Å². The van der Waals surface area contributed by atoms with Crippen LogP contribution < -0.4 is 4.74 Å². The first-order valence-electron chi connectivity index (χ1n) is 6.65. The third-order valence-corrected chi connectivity index (χ3v) is 2.87. The van der Waals surface area contributed by atoms with Crippen LogP contribution in [0.5, 0.6) is 5.75 Å². The van der Waals surface area contributed by atoms with Crippen LogP contribution in [-0.4, -0.2) is 32.7 Å². The summed E-state index contributed by atoms with van der Waals surface area (Å²) in [6.07, 6.45) is 3.32. The number of hydrogen-bond donors (Lipinski definition) is 1. The maximum atomic E-state index is 12.1. The van der Waals surface area contributed by atoms with E-state index in [1.165, 1.54) is 0 Å². The molecule has 20 heavy (non-hydrogen) atoms. The van der Waals surface area contributed by atoms with Gasteiger partial charge in [-0.05, 0) is 19.9 Å². The maximum Gasteiger partial charge on any atom is 0.169 e. The summed E-state index contributed by atoms with van der Waals surface area (Å²) in [5.74, 6) is 0.585. The second kappa shape index (κ2) is 5.25. The topological polar surface area (TPSA) is 63.8 Å². The molecule has 0 amide bonds. The van der Waals surface area contributed by atoms with Gasteiger partial charge in [-0.1, -0.05) is 13.8 Å². The van der Waals surface area contributed by atoms with Crippen LogP contribution in [0.2, 0.25) is 0 Å². The minimum Gasteiger partial charge on any atom is -0.490 e. The highest BCUT2D eigenvalue weighted by atomic mass is 16.5. The molecule has 0 aromatic carbocycles. The molecule has 2 rings (SSSR count). The molecule has 2 aromatic heterocycles. The Labute approximate surface area is 118 Å². The Hall–Kier alpha value is -1.88. The molecular formula is C15H20N2O3. The smallest absolute Gasteiger partial charge is 0.169 e. The van der Waals surface area contributed by atoms with Gasteiger partial charge in [0.1, 0.15) is 12.4 Å². The van der Waals surface area contributed by atoms with Gasteiger partial charge in [0, 0.05) is 18.2 Å². The predicted molar refractivity (Wildman–Crippen MR) is 76.2 cm³/mol. The summed E-state index contributed by atoms with van der Waals surface area (Å²) < 4.78 is 7.19. The zero-order valence-corrected chi connectivity index (χ0v) is 12.3. The standard InChI is InChI=1S/C15H20N2O3/c1-10(2)14(18)12-8-16-17-6-5-11(7-13(12)17)20-9-15(3,4)19/h5-8,10,19H,9H2,1-4H3. The summed E-state index contributed by atoms with van der Waals surface area (Å²) in [6, 6.07) is 3.53. The van der Waals surface area contributed by atoms with Gasteiger partial charge in [0.25, 0.3) is 0 Å². The number of pyridine rings is 1. The largest absolute Gasteiger partial charge is 0.490 e. The summed E-state index contributed by atoms with van der Waals surface area (Å²) >= 11 is 0. The number of fused-ring (bicyclic) bond motifs is 1. The quantitative estimate of drug-likeness (QED) is 0.851. The number of ether oxygens (including phenoxy) is 1. The Morgan fingerprint density at radius 1 is 1.50 bits per heavy atom. The molecule has 0 spiro atoms. The van der Waals surface area contributed by atoms with E-state index in [1.807, 2.05) is 13.8 Å². The summed E-state index contributed by atoms with van der Waals surface area (Å²) in [5.41, 5.74) is 0.411. The van der Waals surface area contributed by atoms with E-state index in [9.17, 15) is 9.90 Å². The lowest BCUT2D eigenvalue weighted by Gasteiger charge is -2.17. The number of rotatable bonds is 5. The van der Waals surface area contributed by atoms with E-state index in [2.05, 4.69) is 5.10 Å². The Morgan fingerprint density at radius 2 is 2.20 bits per heavy atom. The Kier molecular flexibility index (Phi) is 3.81. The Morgan fingerprint density at radius 3 is 2.80 bits per heavy atom. The van der Waals surface area contributed by atoms with Crippen molar-refractivity contribution in [1.29, 1.82) is 0 Å². The highest BCUT2D eigenvalue weighted by Gasteiger charge is 2.17. The molecule has 1 N–H and O–H groups in total. The highest BCUT2D eigenvalue weighted by molar-refractivity contribution is 6.03. The van der Waals surface area contributed by atoms with Gasteiger partial charge in [0.2, 0.25) is 0 Å². The molecule has 5 heteroatoms. The number of aliphatic hydroxyl groups is 1. The predicted octanol–water partition coefficient (Wildman–Crippen LogP) is 2.32. The lowest BCUT2D eigenvalue weighted by molar-refractivity contribution is 0.0285. The van der Waals surface area contributed by atoms with Crippen LogP contribution in [0.15, 0.2) is 24.5 Å². The van der Waals surface area contributed by atoms with Crippen LogP contribution in [0.1, 0.15) is 38.1 Å². The first-order valence-corrected chi connectivity index (χ1v) is 6.65. The molecule has 2 aromatic rings. The number of aromatic nitrogens is 2. The van der Waals surface area contributed by atoms with Crippen LogP contribution in [-0.2, 0) is 0 Å². The number of nitrogens with zero attached hydrogens (tertiary/aromatic N) is 2. The van der Waals surface area contributed by atoms with E-state index < -0.39 is 5.60 Å². The maximum absolute atomic E-state index is 12.1. The summed E-state index contributed by atoms with van der Waals surface area (Å²) in [4.78, 5) is 12.1. The van der Waals surface area contributed by atoms with Crippen molar-refractivity contribution < 1.29 is 14.6 Å². The van der Waals surface area contributed by atoms with Crippen LogP contribution in [0, 0.1) is 5.92 Å². The number of ketones is 1. The molecule has 5 nitrogen and oxygen atoms in total. The van der Waals surface area contributed by atoms with Crippen molar-refractivity contribution in [3.8, 4) is 5.75 Å². The van der Waals surface area contributed by atoms with Gasteiger partial charge in [-0.15, -0.1) is 0 Å². The van der Waals surface area contributed by atoms with Gasteiger partial charge >= 0.3 is 0 Å². The molecule has 2 heterocycles. The molecule has 0 saturated heterocycles. The monoisotopic (exact) mass is 276 g/mol. The second-order valence-electron chi connectivity index (χ2n) is 5.87. The van der Waals surface area contributed by atoms with Gasteiger partial charge in [0.15, 0.2) is 5.78 Å². The van der Waals surface area contributed by atoms with E-state index in [1.54, 1.807) is 42.9 Å². The zero-order valence-electron chi connectivity index (χ0n) is 12.3. The zero-order chi connectivity index (χ0) is 14.9. The first kappa shape index (κ1) is 14.5. The minimum absolute atomic E-state index is 0.0552. The first-order chi connectivity index (χ1) is 9.28. The van der Waals surface area contributed by atoms with E-state index in [-0.39, 0.29) is 18.3 Å². The normalized spacial score (nSPS) is 12.1. The van der Waals surface area contributed by atoms with Crippen molar-refractivity contribution in [3.05, 3.63) is 30.1 Å². The summed E-state index contributed by atoms with van der Waals surface area (Å²) in [5, 5.41) is 13.8. The van der Waals surface area contributed by atoms with Gasteiger partial charge in [-0.25, -0.2) is 4.52 Å². The van der Waals surface area contributed by atoms with Crippen LogP contribution in [0.3, 0.4) is 0 Å². The van der Waals surface area contributed by atoms with Crippen molar-refractivity contribution >= 4 is 11.3 Å². The SMILES string of the molecule is CC(C)C(=O)c1cnn2ccc(OCC(C)(C)O)cc12. The fourth-order valence-electron chi connectivity index (χ4n) is 1.81. The molecule has 108 valence electrons. The molecule has 0 aliphatic heterocycles. The Bertz CT molecular complexity index is 624. The van der Waals surface area contributed by atoms with Crippen molar-refractivity contribution in [2.75, 3.05) is 6.61 Å². The van der Waals surface area contributed by atoms with Crippen molar-refractivity contribution in [3.63, 3.8) is 0 Å². The average Bonchev–Trinajstić information content (AvgIpc) is 2.77. The lowest BCUT2D eigenvalue weighted by atomic mass is 10.0. The van der Waals surface area contributed by atoms with Gasteiger partial charge in [-0.2, -0.15) is 5.10 Å².